The number of aliphatic hydroxyl groups excluding tert-OH is 2. The molecule has 506 valence electrons. The standard InChI is InChI=1S/C62H84N12O19/c1-24(2)42-58(86)73-28(8)19-36(77)49(73)60(88)70(14)22-39(79)72(16)48(26(5)6)62(90)91-32(12)44(55(83)65-42)67-53(81)33-18-17-27(7)51-45(33)64-47-40(41(63)50(80)29(9)52(47)93-51)54(82)68-46-37(23-75)92-61(89)31(11)71(15)38(78)21-69(13)57(85)34-20-35(76)30(10)74(34)59(87)43(25(3)4)66-56(46)84/h17-18,24-26,28,30-32,34,36-37,42-44,46,48-49,75,77H,19-23,63H2,1-16H3,(H,65,83)(H,66,84)(H,67,81)(H,68,82)/t28?,30?,31-,32+,34-,36?,37+,42+,43+,44+,46+,48-,49-/m0/s1. The van der Waals surface area contributed by atoms with Crippen molar-refractivity contribution in [3.63, 3.8) is 0 Å². The fourth-order valence-corrected chi connectivity index (χ4v) is 12.2. The van der Waals surface area contributed by atoms with Gasteiger partial charge in [-0.15, -0.1) is 0 Å². The van der Waals surface area contributed by atoms with E-state index in [0.717, 1.165) is 29.4 Å². The van der Waals surface area contributed by atoms with Crippen molar-refractivity contribution in [3.8, 4) is 11.5 Å². The number of rotatable bonds is 8. The van der Waals surface area contributed by atoms with Crippen molar-refractivity contribution in [2.45, 2.75) is 175 Å². The number of likely N-dealkylation sites (N-methyl/N-ethyl adjacent to an activating group) is 4. The van der Waals surface area contributed by atoms with Gasteiger partial charge < -0.3 is 80.5 Å². The van der Waals surface area contributed by atoms with Crippen molar-refractivity contribution in [1.82, 2.24) is 55.7 Å². The molecule has 3 unspecified atom stereocenters. The fraction of sp³-hybridized carbons (Fsp3) is 0.597. The first-order valence-corrected chi connectivity index (χ1v) is 30.6. The molecule has 0 spiro atoms. The van der Waals surface area contributed by atoms with Crippen molar-refractivity contribution >= 4 is 93.6 Å². The molecule has 0 bridgehead atoms. The first-order valence-electron chi connectivity index (χ1n) is 30.6. The molecule has 6 aliphatic rings. The van der Waals surface area contributed by atoms with Crippen molar-refractivity contribution in [2.75, 3.05) is 53.6 Å². The summed E-state index contributed by atoms with van der Waals surface area (Å²) in [5.41, 5.74) is 2.69. The van der Waals surface area contributed by atoms with Crippen molar-refractivity contribution in [3.05, 3.63) is 44.6 Å². The summed E-state index contributed by atoms with van der Waals surface area (Å²) in [7, 11) is 5.11. The largest absolute Gasteiger partial charge is 0.458 e. The number of aliphatic hydroxyl groups is 2. The lowest BCUT2D eigenvalue weighted by molar-refractivity contribution is -0.163. The molecule has 31 nitrogen and oxygen atoms in total. The average Bonchev–Trinajstić information content (AvgIpc) is 1.54. The van der Waals surface area contributed by atoms with E-state index in [2.05, 4.69) is 21.3 Å². The first-order chi connectivity index (χ1) is 43.4. The van der Waals surface area contributed by atoms with Crippen LogP contribution in [0.5, 0.6) is 0 Å². The summed E-state index contributed by atoms with van der Waals surface area (Å²) in [6.45, 7) is 15.5. The number of nitrogen functional groups attached to an aromatic ring is 1. The van der Waals surface area contributed by atoms with Gasteiger partial charge in [-0.2, -0.15) is 0 Å². The van der Waals surface area contributed by atoms with E-state index >= 15 is 9.59 Å². The molecular formula is C62H84N12O19. The Morgan fingerprint density at radius 1 is 0.699 bits per heavy atom. The molecule has 1 aromatic carbocycles. The molecule has 5 aliphatic heterocycles. The van der Waals surface area contributed by atoms with E-state index in [4.69, 9.17) is 24.6 Å². The zero-order valence-electron chi connectivity index (χ0n) is 55.0. The molecule has 0 radical (unpaired) electrons. The van der Waals surface area contributed by atoms with Crippen molar-refractivity contribution < 1.29 is 86.4 Å². The molecule has 93 heavy (non-hydrogen) atoms. The second-order valence-electron chi connectivity index (χ2n) is 25.6. The zero-order valence-corrected chi connectivity index (χ0v) is 55.0. The molecule has 1 aliphatic carbocycles. The minimum Gasteiger partial charge on any atom is -0.458 e. The molecule has 10 amide bonds. The predicted octanol–water partition coefficient (Wildman–Crippen LogP) is -2.01. The third-order valence-electron chi connectivity index (χ3n) is 17.9. The highest BCUT2D eigenvalue weighted by Crippen LogP contribution is 2.36. The third kappa shape index (κ3) is 13.8. The number of amides is 10. The Hall–Kier alpha value is -9.13. The van der Waals surface area contributed by atoms with Gasteiger partial charge in [-0.25, -0.2) is 14.6 Å². The van der Waals surface area contributed by atoms with Gasteiger partial charge in [0.05, 0.1) is 48.7 Å². The topological polar surface area (TPSA) is 418 Å². The Kier molecular flexibility index (Phi) is 21.5. The van der Waals surface area contributed by atoms with E-state index in [1.54, 1.807) is 41.5 Å². The van der Waals surface area contributed by atoms with Crippen LogP contribution in [0.4, 0.5) is 5.69 Å². The van der Waals surface area contributed by atoms with Crippen LogP contribution in [0.3, 0.4) is 0 Å². The van der Waals surface area contributed by atoms with Gasteiger partial charge in [0, 0.05) is 46.2 Å². The van der Waals surface area contributed by atoms with Gasteiger partial charge >= 0.3 is 11.9 Å². The van der Waals surface area contributed by atoms with Gasteiger partial charge in [-0.1, -0.05) is 47.6 Å². The fourth-order valence-electron chi connectivity index (χ4n) is 12.2. The number of anilines is 1. The number of aromatic nitrogens is 1. The number of Topliss-reactive ketones (excluding diaryl/α,β-unsaturated/α-hetero) is 1. The number of ketones is 1. The van der Waals surface area contributed by atoms with Gasteiger partial charge in [-0.05, 0) is 77.3 Å². The number of benzene rings is 2. The molecular weight excluding hydrogens is 1220 g/mol. The highest BCUT2D eigenvalue weighted by molar-refractivity contribution is 6.11. The van der Waals surface area contributed by atoms with E-state index in [9.17, 15) is 67.7 Å². The quantitative estimate of drug-likeness (QED) is 0.0728. The minimum atomic E-state index is -2.20. The van der Waals surface area contributed by atoms with E-state index in [1.165, 1.54) is 81.9 Å². The number of hydrogen-bond acceptors (Lipinski definition) is 21. The molecule has 7 rings (SSSR count). The number of ether oxygens (including phenoxy) is 2. The normalized spacial score (nSPS) is 28.1. The number of carbonyl (C=O) groups excluding carboxylic acids is 13. The minimum absolute atomic E-state index is 0.0373. The number of esters is 2. The van der Waals surface area contributed by atoms with Crippen LogP contribution in [0, 0.1) is 31.6 Å². The lowest BCUT2D eigenvalue weighted by atomic mass is 9.98. The molecule has 1 aromatic rings. The maximum Gasteiger partial charge on any atom is 0.329 e. The molecule has 31 heteroatoms. The van der Waals surface area contributed by atoms with E-state index in [-0.39, 0.29) is 34.4 Å². The summed E-state index contributed by atoms with van der Waals surface area (Å²) in [6.07, 6.45) is -5.48. The maximum atomic E-state index is 15.2. The number of carbonyl (C=O) groups is 13. The monoisotopic (exact) mass is 1300 g/mol. The van der Waals surface area contributed by atoms with Gasteiger partial charge in [0.25, 0.3) is 11.8 Å². The number of nitrogens with one attached hydrogen (secondary N) is 4. The predicted molar refractivity (Wildman–Crippen MR) is 329 cm³/mol. The lowest BCUT2D eigenvalue weighted by Crippen LogP contribution is -2.62. The molecule has 5 heterocycles. The van der Waals surface area contributed by atoms with E-state index in [1.807, 2.05) is 0 Å². The van der Waals surface area contributed by atoms with Crippen LogP contribution in [-0.2, 0) is 62.2 Å². The van der Waals surface area contributed by atoms with Crippen LogP contribution in [-0.4, -0.2) is 248 Å². The van der Waals surface area contributed by atoms with E-state index < -0.39 is 222 Å². The Balaban J connectivity index is 1.34. The Morgan fingerprint density at radius 2 is 1.25 bits per heavy atom. The molecule has 8 N–H and O–H groups in total. The van der Waals surface area contributed by atoms with Crippen LogP contribution in [0.25, 0.3) is 22.6 Å². The zero-order chi connectivity index (χ0) is 69.6. The van der Waals surface area contributed by atoms with Crippen LogP contribution < -0.4 is 32.4 Å². The summed E-state index contributed by atoms with van der Waals surface area (Å²) in [4.78, 5) is 212. The second-order valence-corrected chi connectivity index (χ2v) is 25.6. The van der Waals surface area contributed by atoms with Crippen LogP contribution in [0.15, 0.2) is 21.3 Å². The Morgan fingerprint density at radius 3 is 1.82 bits per heavy atom. The SMILES string of the molecule is Cc1c2oc3c(C)ccc(C(=O)N[C@H]4C(=O)N[C@H](C(C)C)C(=O)N5C(C)CC(O)[C@H]5C(=O)N(C)CC(=O)N(C)[C@@H](C(C)C)C(=O)O[C@@H]4C)c3nc-2c(C(=O)N[C@H]2C(=O)N[C@H](C(C)C)C(=O)N3C(C)C(=O)C[C@H]3C(=O)N(C)CC(=O)N(C)[C@@H](C)C(=O)O[C@@H]2CO)c(N)c1=O. The van der Waals surface area contributed by atoms with E-state index in [0.29, 0.717) is 5.56 Å². The molecule has 4 fully saturated rings. The highest BCUT2D eigenvalue weighted by atomic mass is 16.6. The Labute approximate surface area is 536 Å². The lowest BCUT2D eigenvalue weighted by Gasteiger charge is -2.37. The number of nitrogens with zero attached hydrogens (tertiary/aromatic N) is 7. The van der Waals surface area contributed by atoms with Gasteiger partial charge in [-0.3, -0.25) is 57.5 Å². The summed E-state index contributed by atoms with van der Waals surface area (Å²) < 4.78 is 17.9. The van der Waals surface area contributed by atoms with Crippen LogP contribution >= 0.6 is 0 Å². The number of fused-ring (bicyclic) bond motifs is 4. The summed E-state index contributed by atoms with van der Waals surface area (Å²) in [5.74, 6) is -14.9. The first kappa shape index (κ1) is 71.3. The highest BCUT2D eigenvalue weighted by Gasteiger charge is 2.52. The molecule has 0 aromatic heterocycles. The second kappa shape index (κ2) is 28.0. The molecule has 0 saturated carbocycles. The molecule has 4 saturated heterocycles. The summed E-state index contributed by atoms with van der Waals surface area (Å²) >= 11 is 0. The number of nitrogens with two attached hydrogens (primary N) is 1. The van der Waals surface area contributed by atoms with Crippen LogP contribution in [0.2, 0.25) is 0 Å². The third-order valence-corrected chi connectivity index (χ3v) is 17.9. The van der Waals surface area contributed by atoms with Crippen LogP contribution in [0.1, 0.15) is 114 Å². The van der Waals surface area contributed by atoms with Crippen molar-refractivity contribution in [2.24, 2.45) is 17.8 Å². The van der Waals surface area contributed by atoms with Gasteiger partial charge in [0.2, 0.25) is 52.7 Å². The number of hydrogen-bond donors (Lipinski definition) is 7. The number of cyclic esters (lactones) is 2. The van der Waals surface area contributed by atoms with Gasteiger partial charge in [0.15, 0.2) is 23.2 Å². The maximum absolute atomic E-state index is 15.2. The average molecular weight is 1300 g/mol. The van der Waals surface area contributed by atoms with Gasteiger partial charge in [0.1, 0.15) is 65.6 Å². The number of aryl methyl sites for hydroxylation is 1. The summed E-state index contributed by atoms with van der Waals surface area (Å²) in [6, 6.07) is -12.0. The molecule has 13 atom stereocenters. The Bertz CT molecular complexity index is 3590. The summed E-state index contributed by atoms with van der Waals surface area (Å²) in [5, 5.41) is 32.4. The smallest absolute Gasteiger partial charge is 0.329 e. The van der Waals surface area contributed by atoms with Crippen molar-refractivity contribution in [1.29, 1.82) is 0 Å².